The molecule has 1 aliphatic carbocycles. The van der Waals surface area contributed by atoms with Crippen molar-refractivity contribution in [2.75, 3.05) is 57.5 Å². The number of likely N-dealkylation sites (N-methyl/N-ethyl adjacent to an activating group) is 2. The Hall–Kier alpha value is -5.20. The van der Waals surface area contributed by atoms with Gasteiger partial charge in [-0.15, -0.1) is 8.61 Å². The minimum atomic E-state index is -1.28. The number of carbonyl (C=O) groups excluding carboxylic acids is 4. The fourth-order valence-corrected chi connectivity index (χ4v) is 9.63. The number of imide groups is 2. The molecule has 17 heteroatoms. The van der Waals surface area contributed by atoms with E-state index in [0.29, 0.717) is 61.9 Å². The van der Waals surface area contributed by atoms with Crippen molar-refractivity contribution in [3.63, 3.8) is 0 Å². The van der Waals surface area contributed by atoms with Gasteiger partial charge in [0.05, 0.1) is 6.54 Å². The SMILES string of the molecule is Cc1c(C(=O)N(C=O)C2CCC(=O)NC2=O)cccc1N(C)c1ccc(CN(C)CCN(C)[S+]([O-])N2CCC(Nc3ncc4ccc(=O)n(C5CCCC5)c4n3)CC2)cc1. The standard InChI is InChI=1S/C43H54N10O6S/c1-29-35(42(58)52(28-54)37-17-18-38(55)46-41(37)57)10-7-11-36(29)50(4)33-15-12-30(13-16-33)27-48(2)24-25-49(3)60(59)51-22-20-32(21-23-51)45-43-44-26-31-14-19-39(56)53(40(31)47-43)34-8-5-6-9-34/h7,10-16,19,26,28,32,34,37H,5-6,8-9,17-18,20-25,27H2,1-4H3,(H,44,45,47)(H,46,55,57). The third kappa shape index (κ3) is 9.55. The molecule has 0 bridgehead atoms. The number of rotatable bonds is 15. The summed E-state index contributed by atoms with van der Waals surface area (Å²) in [5, 5.41) is 6.55. The van der Waals surface area contributed by atoms with Crippen molar-refractivity contribution in [2.24, 2.45) is 0 Å². The van der Waals surface area contributed by atoms with Crippen LogP contribution < -0.4 is 21.1 Å². The molecule has 2 aromatic carbocycles. The third-order valence-corrected chi connectivity index (χ3v) is 13.5. The summed E-state index contributed by atoms with van der Waals surface area (Å²) in [4.78, 5) is 76.8. The molecular formula is C43H54N10O6S. The predicted molar refractivity (Wildman–Crippen MR) is 231 cm³/mol. The lowest BCUT2D eigenvalue weighted by Gasteiger charge is -2.34. The highest BCUT2D eigenvalue weighted by atomic mass is 32.2. The smallest absolute Gasteiger partial charge is 0.261 e. The highest BCUT2D eigenvalue weighted by Crippen LogP contribution is 2.32. The van der Waals surface area contributed by atoms with Crippen LogP contribution in [0.15, 0.2) is 65.6 Å². The monoisotopic (exact) mass is 838 g/mol. The quantitative estimate of drug-likeness (QED) is 0.100. The molecule has 2 aromatic heterocycles. The van der Waals surface area contributed by atoms with Crippen molar-refractivity contribution in [3.05, 3.63) is 87.8 Å². The summed E-state index contributed by atoms with van der Waals surface area (Å²) < 4.78 is 19.3. The second kappa shape index (κ2) is 19.0. The Labute approximate surface area is 353 Å². The average Bonchev–Trinajstić information content (AvgIpc) is 3.78. The largest absolute Gasteiger partial charge is 0.578 e. The van der Waals surface area contributed by atoms with Gasteiger partial charge in [-0.3, -0.25) is 38.8 Å². The number of hydrogen-bond acceptors (Lipinski definition) is 13. The Morgan fingerprint density at radius 2 is 1.70 bits per heavy atom. The van der Waals surface area contributed by atoms with E-state index in [1.54, 1.807) is 37.4 Å². The molecule has 0 spiro atoms. The van der Waals surface area contributed by atoms with Gasteiger partial charge in [-0.2, -0.15) is 4.98 Å². The topological polar surface area (TPSA) is 179 Å². The number of benzene rings is 2. The Morgan fingerprint density at radius 1 is 0.967 bits per heavy atom. The molecule has 16 nitrogen and oxygen atoms in total. The van der Waals surface area contributed by atoms with Crippen LogP contribution in [0.2, 0.25) is 0 Å². The number of fused-ring (bicyclic) bond motifs is 1. The van der Waals surface area contributed by atoms with Gasteiger partial charge >= 0.3 is 0 Å². The number of carbonyl (C=O) groups is 4. The van der Waals surface area contributed by atoms with Crippen molar-refractivity contribution in [1.29, 1.82) is 0 Å². The molecule has 4 heterocycles. The maximum Gasteiger partial charge on any atom is 0.261 e. The van der Waals surface area contributed by atoms with Crippen LogP contribution in [-0.4, -0.2) is 121 Å². The molecule has 2 unspecified atom stereocenters. The number of nitrogens with zero attached hydrogens (tertiary/aromatic N) is 8. The third-order valence-electron chi connectivity index (χ3n) is 12.0. The van der Waals surface area contributed by atoms with Crippen molar-refractivity contribution >= 4 is 64.0 Å². The van der Waals surface area contributed by atoms with E-state index in [1.807, 2.05) is 57.4 Å². The Bertz CT molecular complexity index is 2260. The molecule has 2 aliphatic heterocycles. The first-order valence-corrected chi connectivity index (χ1v) is 21.7. The molecule has 3 aliphatic rings. The molecular weight excluding hydrogens is 785 g/mol. The molecule has 4 aromatic rings. The number of hydrogen-bond donors (Lipinski definition) is 2. The number of piperidine rings is 2. The number of nitrogens with one attached hydrogen (secondary N) is 2. The lowest BCUT2D eigenvalue weighted by Crippen LogP contribution is -2.53. The molecule has 4 amide bonds. The van der Waals surface area contributed by atoms with Gasteiger partial charge < -0.3 is 19.7 Å². The number of pyridine rings is 1. The zero-order valence-electron chi connectivity index (χ0n) is 34.7. The summed E-state index contributed by atoms with van der Waals surface area (Å²) in [5.74, 6) is -1.16. The summed E-state index contributed by atoms with van der Waals surface area (Å²) in [5.41, 5.74) is 4.39. The fourth-order valence-electron chi connectivity index (χ4n) is 8.47. The zero-order valence-corrected chi connectivity index (χ0v) is 35.5. The Balaban J connectivity index is 0.875. The highest BCUT2D eigenvalue weighted by Gasteiger charge is 2.36. The van der Waals surface area contributed by atoms with Crippen LogP contribution in [-0.2, 0) is 32.5 Å². The van der Waals surface area contributed by atoms with Crippen molar-refractivity contribution in [2.45, 2.75) is 83.0 Å². The molecule has 1 saturated carbocycles. The van der Waals surface area contributed by atoms with Gasteiger partial charge in [0.2, 0.25) is 24.2 Å². The van der Waals surface area contributed by atoms with Gasteiger partial charge in [-0.05, 0) is 87.5 Å². The second-order valence-corrected chi connectivity index (χ2v) is 17.7. The molecule has 60 heavy (non-hydrogen) atoms. The van der Waals surface area contributed by atoms with Gasteiger partial charge in [0.15, 0.2) is 0 Å². The second-order valence-electron chi connectivity index (χ2n) is 16.1. The molecule has 2 N–H and O–H groups in total. The van der Waals surface area contributed by atoms with E-state index in [-0.39, 0.29) is 30.5 Å². The minimum Gasteiger partial charge on any atom is -0.578 e. The first-order valence-electron chi connectivity index (χ1n) is 20.7. The van der Waals surface area contributed by atoms with Gasteiger partial charge in [0, 0.05) is 93.4 Å². The van der Waals surface area contributed by atoms with E-state index < -0.39 is 35.3 Å². The Kier molecular flexibility index (Phi) is 13.6. The maximum absolute atomic E-state index is 13.5. The number of aromatic nitrogens is 3. The van der Waals surface area contributed by atoms with Crippen molar-refractivity contribution < 1.29 is 23.7 Å². The summed E-state index contributed by atoms with van der Waals surface area (Å²) >= 11 is -1.28. The summed E-state index contributed by atoms with van der Waals surface area (Å²) in [6, 6.07) is 16.1. The van der Waals surface area contributed by atoms with Crippen molar-refractivity contribution in [3.8, 4) is 0 Å². The van der Waals surface area contributed by atoms with Gasteiger partial charge in [0.1, 0.15) is 23.2 Å². The lowest BCUT2D eigenvalue weighted by atomic mass is 10.0. The molecule has 2 saturated heterocycles. The van der Waals surface area contributed by atoms with E-state index >= 15 is 0 Å². The van der Waals surface area contributed by atoms with Crippen molar-refractivity contribution in [1.82, 2.24) is 38.3 Å². The maximum atomic E-state index is 13.5. The molecule has 0 radical (unpaired) electrons. The molecule has 318 valence electrons. The summed E-state index contributed by atoms with van der Waals surface area (Å²) in [6.45, 7) is 5.17. The summed E-state index contributed by atoms with van der Waals surface area (Å²) in [6.07, 6.45) is 8.10. The first kappa shape index (κ1) is 42.9. The normalized spacial score (nSPS) is 18.6. The Morgan fingerprint density at radius 3 is 2.40 bits per heavy atom. The van der Waals surface area contributed by atoms with Crippen LogP contribution in [0.1, 0.15) is 78.9 Å². The number of amides is 4. The minimum absolute atomic E-state index is 0.0165. The first-order chi connectivity index (χ1) is 28.9. The molecule has 3 fully saturated rings. The predicted octanol–water partition coefficient (Wildman–Crippen LogP) is 3.91. The van der Waals surface area contributed by atoms with Gasteiger partial charge in [-0.25, -0.2) is 4.98 Å². The van der Waals surface area contributed by atoms with Gasteiger partial charge in [0.25, 0.3) is 11.5 Å². The van der Waals surface area contributed by atoms with E-state index in [2.05, 4.69) is 32.7 Å². The van der Waals surface area contributed by atoms with Crippen LogP contribution in [0, 0.1) is 6.92 Å². The zero-order chi connectivity index (χ0) is 42.5. The van der Waals surface area contributed by atoms with Gasteiger partial charge in [-0.1, -0.05) is 31.0 Å². The van der Waals surface area contributed by atoms with Crippen LogP contribution in [0.4, 0.5) is 17.3 Å². The van der Waals surface area contributed by atoms with Crippen LogP contribution in [0.25, 0.3) is 11.0 Å². The van der Waals surface area contributed by atoms with Crippen LogP contribution >= 0.6 is 0 Å². The van der Waals surface area contributed by atoms with E-state index in [9.17, 15) is 28.5 Å². The molecule has 7 rings (SSSR count). The van der Waals surface area contributed by atoms with Crippen LogP contribution in [0.5, 0.6) is 0 Å². The fraction of sp³-hybridized carbons (Fsp3) is 0.465. The molecule has 2 atom stereocenters. The van der Waals surface area contributed by atoms with E-state index in [4.69, 9.17) is 4.98 Å². The van der Waals surface area contributed by atoms with E-state index in [1.165, 1.54) is 0 Å². The number of anilines is 3. The van der Waals surface area contributed by atoms with Crippen LogP contribution in [0.3, 0.4) is 0 Å². The lowest BCUT2D eigenvalue weighted by molar-refractivity contribution is -0.139. The average molecular weight is 839 g/mol. The highest BCUT2D eigenvalue weighted by molar-refractivity contribution is 7.86. The summed E-state index contributed by atoms with van der Waals surface area (Å²) in [7, 11) is 5.83. The van der Waals surface area contributed by atoms with E-state index in [0.717, 1.165) is 65.7 Å².